The number of amides is 1. The molecule has 18 heavy (non-hydrogen) atoms. The lowest BCUT2D eigenvalue weighted by Crippen LogP contribution is -2.48. The standard InChI is InChI=1S/C12H12FNO4/c13-9-3-1-2-8(6-9)11(15)14-4-5-18-10(7-14)12(16)17/h1-3,6,10H,4-5,7H2,(H,16,17). The number of morpholine rings is 1. The highest BCUT2D eigenvalue weighted by molar-refractivity contribution is 5.94. The van der Waals surface area contributed by atoms with Crippen molar-refractivity contribution in [2.45, 2.75) is 6.10 Å². The van der Waals surface area contributed by atoms with E-state index in [1.54, 1.807) is 0 Å². The Bertz CT molecular complexity index is 477. The van der Waals surface area contributed by atoms with Crippen LogP contribution >= 0.6 is 0 Å². The molecule has 1 aliphatic heterocycles. The largest absolute Gasteiger partial charge is 0.479 e. The van der Waals surface area contributed by atoms with Gasteiger partial charge >= 0.3 is 5.97 Å². The fraction of sp³-hybridized carbons (Fsp3) is 0.333. The van der Waals surface area contributed by atoms with Gasteiger partial charge in [0.05, 0.1) is 13.2 Å². The van der Waals surface area contributed by atoms with Gasteiger partial charge in [-0.2, -0.15) is 0 Å². The summed E-state index contributed by atoms with van der Waals surface area (Å²) < 4.78 is 18.0. The van der Waals surface area contributed by atoms with Crippen LogP contribution in [-0.4, -0.2) is 47.7 Å². The Morgan fingerprint density at radius 2 is 2.22 bits per heavy atom. The van der Waals surface area contributed by atoms with Gasteiger partial charge in [0.15, 0.2) is 6.10 Å². The van der Waals surface area contributed by atoms with Gasteiger partial charge in [-0.3, -0.25) is 4.79 Å². The summed E-state index contributed by atoms with van der Waals surface area (Å²) in [6.45, 7) is 0.446. The zero-order chi connectivity index (χ0) is 13.1. The summed E-state index contributed by atoms with van der Waals surface area (Å²) >= 11 is 0. The molecule has 0 spiro atoms. The lowest BCUT2D eigenvalue weighted by molar-refractivity contribution is -0.154. The van der Waals surface area contributed by atoms with Crippen molar-refractivity contribution in [3.63, 3.8) is 0 Å². The number of ether oxygens (including phenoxy) is 1. The third-order valence-electron chi connectivity index (χ3n) is 2.70. The zero-order valence-electron chi connectivity index (χ0n) is 9.51. The molecule has 1 aromatic carbocycles. The first-order valence-corrected chi connectivity index (χ1v) is 5.47. The molecule has 0 saturated carbocycles. The second-order valence-corrected chi connectivity index (χ2v) is 3.96. The second-order valence-electron chi connectivity index (χ2n) is 3.96. The van der Waals surface area contributed by atoms with Gasteiger partial charge in [-0.05, 0) is 18.2 Å². The first kappa shape index (κ1) is 12.5. The summed E-state index contributed by atoms with van der Waals surface area (Å²) in [5.41, 5.74) is 0.209. The van der Waals surface area contributed by atoms with Crippen molar-refractivity contribution in [3.05, 3.63) is 35.6 Å². The smallest absolute Gasteiger partial charge is 0.334 e. The molecule has 1 saturated heterocycles. The molecule has 1 aliphatic rings. The quantitative estimate of drug-likeness (QED) is 0.844. The van der Waals surface area contributed by atoms with Crippen molar-refractivity contribution in [2.75, 3.05) is 19.7 Å². The van der Waals surface area contributed by atoms with E-state index in [0.717, 1.165) is 6.07 Å². The number of carbonyl (C=O) groups is 2. The molecule has 6 heteroatoms. The van der Waals surface area contributed by atoms with Crippen molar-refractivity contribution in [1.29, 1.82) is 0 Å². The van der Waals surface area contributed by atoms with Crippen molar-refractivity contribution < 1.29 is 23.8 Å². The number of carbonyl (C=O) groups excluding carboxylic acids is 1. The van der Waals surface area contributed by atoms with Crippen LogP contribution in [0.5, 0.6) is 0 Å². The van der Waals surface area contributed by atoms with Gasteiger partial charge in [-0.15, -0.1) is 0 Å². The highest BCUT2D eigenvalue weighted by Gasteiger charge is 2.29. The van der Waals surface area contributed by atoms with Crippen molar-refractivity contribution in [3.8, 4) is 0 Å². The molecule has 1 N–H and O–H groups in total. The number of hydrogen-bond acceptors (Lipinski definition) is 3. The van der Waals surface area contributed by atoms with Crippen LogP contribution in [0, 0.1) is 5.82 Å². The number of halogens is 1. The van der Waals surface area contributed by atoms with E-state index < -0.39 is 17.9 Å². The molecule has 2 rings (SSSR count). The fourth-order valence-corrected chi connectivity index (χ4v) is 1.79. The molecular weight excluding hydrogens is 241 g/mol. The third kappa shape index (κ3) is 2.65. The van der Waals surface area contributed by atoms with Crippen molar-refractivity contribution in [1.82, 2.24) is 4.90 Å². The Morgan fingerprint density at radius 1 is 1.44 bits per heavy atom. The predicted octanol–water partition coefficient (Wildman–Crippen LogP) is 0.751. The normalized spacial score (nSPS) is 19.6. The molecule has 96 valence electrons. The molecule has 1 heterocycles. The van der Waals surface area contributed by atoms with Crippen LogP contribution in [0.15, 0.2) is 24.3 Å². The molecule has 0 bridgehead atoms. The van der Waals surface area contributed by atoms with Gasteiger partial charge < -0.3 is 14.7 Å². The summed E-state index contributed by atoms with van der Waals surface area (Å²) in [4.78, 5) is 24.2. The number of aliphatic carboxylic acids is 1. The number of hydrogen-bond donors (Lipinski definition) is 1. The SMILES string of the molecule is O=C(O)C1CN(C(=O)c2cccc(F)c2)CCO1. The Hall–Kier alpha value is -1.95. The minimum Gasteiger partial charge on any atom is -0.479 e. The summed E-state index contributed by atoms with van der Waals surface area (Å²) in [6, 6.07) is 5.32. The van der Waals surface area contributed by atoms with Crippen LogP contribution in [0.1, 0.15) is 10.4 Å². The van der Waals surface area contributed by atoms with Gasteiger partial charge in [0, 0.05) is 12.1 Å². The fourth-order valence-electron chi connectivity index (χ4n) is 1.79. The van der Waals surface area contributed by atoms with Crippen molar-refractivity contribution in [2.24, 2.45) is 0 Å². The van der Waals surface area contributed by atoms with Gasteiger partial charge in [0.2, 0.25) is 0 Å². The summed E-state index contributed by atoms with van der Waals surface area (Å²) in [6.07, 6.45) is -1.02. The summed E-state index contributed by atoms with van der Waals surface area (Å²) in [5.74, 6) is -1.99. The number of benzene rings is 1. The number of carboxylic acids is 1. The van der Waals surface area contributed by atoms with Gasteiger partial charge in [0.25, 0.3) is 5.91 Å². The van der Waals surface area contributed by atoms with E-state index in [2.05, 4.69) is 0 Å². The van der Waals surface area contributed by atoms with Crippen LogP contribution in [0.4, 0.5) is 4.39 Å². The molecule has 1 unspecified atom stereocenters. The minimum atomic E-state index is -1.10. The van der Waals surface area contributed by atoms with Crippen LogP contribution in [-0.2, 0) is 9.53 Å². The Labute approximate surface area is 103 Å². The second kappa shape index (κ2) is 5.14. The highest BCUT2D eigenvalue weighted by atomic mass is 19.1. The maximum atomic E-state index is 13.0. The van der Waals surface area contributed by atoms with Crippen molar-refractivity contribution >= 4 is 11.9 Å². The molecule has 1 atom stereocenters. The topological polar surface area (TPSA) is 66.8 Å². The Kier molecular flexibility index (Phi) is 3.57. The first-order chi connectivity index (χ1) is 8.58. The van der Waals surface area contributed by atoms with Gasteiger partial charge in [-0.25, -0.2) is 9.18 Å². The highest BCUT2D eigenvalue weighted by Crippen LogP contribution is 2.12. The first-order valence-electron chi connectivity index (χ1n) is 5.47. The van der Waals surface area contributed by atoms with E-state index in [0.29, 0.717) is 6.54 Å². The van der Waals surface area contributed by atoms with Gasteiger partial charge in [0.1, 0.15) is 5.82 Å². The van der Waals surface area contributed by atoms with E-state index >= 15 is 0 Å². The lowest BCUT2D eigenvalue weighted by Gasteiger charge is -2.30. The molecule has 1 amide bonds. The third-order valence-corrected chi connectivity index (χ3v) is 2.70. The molecule has 5 nitrogen and oxygen atoms in total. The van der Waals surface area contributed by atoms with Crippen LogP contribution in [0.2, 0.25) is 0 Å². The maximum Gasteiger partial charge on any atom is 0.334 e. The molecular formula is C12H12FNO4. The summed E-state index contributed by atoms with van der Waals surface area (Å²) in [7, 11) is 0. The molecule has 1 aromatic rings. The molecule has 0 aliphatic carbocycles. The van der Waals surface area contributed by atoms with Crippen LogP contribution in [0.25, 0.3) is 0 Å². The molecule has 0 radical (unpaired) electrons. The zero-order valence-corrected chi connectivity index (χ0v) is 9.51. The Balaban J connectivity index is 2.11. The lowest BCUT2D eigenvalue weighted by atomic mass is 10.1. The average molecular weight is 253 g/mol. The minimum absolute atomic E-state index is 0.0231. The van der Waals surface area contributed by atoms with Crippen LogP contribution in [0.3, 0.4) is 0 Å². The number of nitrogens with zero attached hydrogens (tertiary/aromatic N) is 1. The Morgan fingerprint density at radius 3 is 2.89 bits per heavy atom. The monoisotopic (exact) mass is 253 g/mol. The van der Waals surface area contributed by atoms with Gasteiger partial charge in [-0.1, -0.05) is 6.07 Å². The van der Waals surface area contributed by atoms with E-state index in [4.69, 9.17) is 9.84 Å². The van der Waals surface area contributed by atoms with E-state index in [1.807, 2.05) is 0 Å². The average Bonchev–Trinajstić information content (AvgIpc) is 2.38. The summed E-state index contributed by atoms with van der Waals surface area (Å²) in [5, 5.41) is 8.83. The van der Waals surface area contributed by atoms with E-state index in [9.17, 15) is 14.0 Å². The van der Waals surface area contributed by atoms with E-state index in [-0.39, 0.29) is 24.6 Å². The molecule has 1 fully saturated rings. The number of carboxylic acid groups (broad SMARTS) is 1. The molecule has 0 aromatic heterocycles. The predicted molar refractivity (Wildman–Crippen MR) is 59.7 cm³/mol. The maximum absolute atomic E-state index is 13.0. The number of rotatable bonds is 2. The van der Waals surface area contributed by atoms with E-state index in [1.165, 1.54) is 23.1 Å². The van der Waals surface area contributed by atoms with Crippen LogP contribution < -0.4 is 0 Å².